The van der Waals surface area contributed by atoms with E-state index in [9.17, 15) is 0 Å². The van der Waals surface area contributed by atoms with Crippen molar-refractivity contribution in [3.8, 4) is 11.8 Å². The Morgan fingerprint density at radius 2 is 1.88 bits per heavy atom. The molecule has 0 radical (unpaired) electrons. The van der Waals surface area contributed by atoms with Gasteiger partial charge in [0.25, 0.3) is 0 Å². The largest absolute Gasteiger partial charge is 0.328 e. The summed E-state index contributed by atoms with van der Waals surface area (Å²) in [6.07, 6.45) is 0.928. The van der Waals surface area contributed by atoms with Gasteiger partial charge in [-0.1, -0.05) is 30.0 Å². The van der Waals surface area contributed by atoms with Crippen molar-refractivity contribution in [2.75, 3.05) is 0 Å². The summed E-state index contributed by atoms with van der Waals surface area (Å²) >= 11 is 1.73. The second-order valence-corrected chi connectivity index (χ2v) is 5.09. The average molecular weight is 241 g/mol. The van der Waals surface area contributed by atoms with Crippen LogP contribution in [0.25, 0.3) is 0 Å². The fraction of sp³-hybridized carbons (Fsp3) is 0.200. The molecule has 2 N–H and O–H groups in total. The van der Waals surface area contributed by atoms with Crippen LogP contribution in [0.1, 0.15) is 22.9 Å². The lowest BCUT2D eigenvalue weighted by Crippen LogP contribution is -2.16. The van der Waals surface area contributed by atoms with E-state index in [4.69, 9.17) is 5.73 Å². The second kappa shape index (κ2) is 5.67. The van der Waals surface area contributed by atoms with Gasteiger partial charge in [-0.3, -0.25) is 0 Å². The normalized spacial score (nSPS) is 11.6. The first-order valence-corrected chi connectivity index (χ1v) is 6.52. The summed E-state index contributed by atoms with van der Waals surface area (Å²) in [4.78, 5) is 1.30. The summed E-state index contributed by atoms with van der Waals surface area (Å²) in [5.74, 6) is 6.33. The zero-order valence-electron chi connectivity index (χ0n) is 9.81. The zero-order valence-corrected chi connectivity index (χ0v) is 10.6. The molecule has 1 nitrogen and oxygen atoms in total. The molecule has 0 saturated heterocycles. The predicted molar refractivity (Wildman–Crippen MR) is 74.1 cm³/mol. The van der Waals surface area contributed by atoms with Crippen molar-refractivity contribution in [2.24, 2.45) is 5.73 Å². The van der Waals surface area contributed by atoms with E-state index in [1.807, 2.05) is 37.3 Å². The number of thiophene rings is 1. The van der Waals surface area contributed by atoms with Crippen LogP contribution in [-0.2, 0) is 6.42 Å². The Hall–Kier alpha value is -1.56. The fourth-order valence-corrected chi connectivity index (χ4v) is 2.50. The lowest BCUT2D eigenvalue weighted by atomic mass is 10.2. The van der Waals surface area contributed by atoms with Gasteiger partial charge in [-0.15, -0.1) is 11.3 Å². The van der Waals surface area contributed by atoms with E-state index in [2.05, 4.69) is 23.3 Å². The molecule has 86 valence electrons. The van der Waals surface area contributed by atoms with Crippen molar-refractivity contribution in [1.82, 2.24) is 0 Å². The molecule has 1 atom stereocenters. The molecule has 0 aliphatic heterocycles. The molecule has 1 aromatic carbocycles. The van der Waals surface area contributed by atoms with Crippen molar-refractivity contribution >= 4 is 11.3 Å². The summed E-state index contributed by atoms with van der Waals surface area (Å²) < 4.78 is 0. The molecule has 1 aromatic heterocycles. The molecular formula is C15H15NS. The minimum Gasteiger partial charge on any atom is -0.328 e. The van der Waals surface area contributed by atoms with E-state index in [-0.39, 0.29) is 6.04 Å². The highest BCUT2D eigenvalue weighted by atomic mass is 32.1. The maximum absolute atomic E-state index is 5.77. The van der Waals surface area contributed by atoms with E-state index in [0.717, 1.165) is 17.5 Å². The number of hydrogen-bond acceptors (Lipinski definition) is 2. The number of nitrogens with two attached hydrogens (primary N) is 1. The van der Waals surface area contributed by atoms with E-state index < -0.39 is 0 Å². The van der Waals surface area contributed by atoms with Gasteiger partial charge in [0, 0.05) is 27.4 Å². The third-order valence-corrected chi connectivity index (χ3v) is 3.26. The first kappa shape index (κ1) is 11.9. The summed E-state index contributed by atoms with van der Waals surface area (Å²) in [6, 6.07) is 12.4. The Bertz CT molecular complexity index is 529. The summed E-state index contributed by atoms with van der Waals surface area (Å²) in [7, 11) is 0. The number of hydrogen-bond donors (Lipinski definition) is 1. The smallest absolute Gasteiger partial charge is 0.0358 e. The van der Waals surface area contributed by atoms with E-state index in [0.29, 0.717) is 0 Å². The van der Waals surface area contributed by atoms with Gasteiger partial charge in [-0.25, -0.2) is 0 Å². The molecule has 0 bridgehead atoms. The molecule has 0 aliphatic carbocycles. The van der Waals surface area contributed by atoms with Gasteiger partial charge in [0.05, 0.1) is 0 Å². The summed E-state index contributed by atoms with van der Waals surface area (Å²) in [5, 5.41) is 2.09. The van der Waals surface area contributed by atoms with E-state index >= 15 is 0 Å². The minimum absolute atomic E-state index is 0.212. The van der Waals surface area contributed by atoms with Crippen molar-refractivity contribution in [2.45, 2.75) is 19.4 Å². The quantitative estimate of drug-likeness (QED) is 0.804. The predicted octanol–water partition coefficient (Wildman–Crippen LogP) is 3.04. The number of benzene rings is 1. The standard InChI is InChI=1S/C15H15NS/c1-12(16)9-15-10-14(11-17-15)8-7-13-5-3-2-4-6-13/h2-6,10-12H,9,16H2,1H3. The molecule has 2 heteroatoms. The summed E-state index contributed by atoms with van der Waals surface area (Å²) in [6.45, 7) is 2.02. The van der Waals surface area contributed by atoms with Gasteiger partial charge < -0.3 is 5.73 Å². The molecule has 0 fully saturated rings. The van der Waals surface area contributed by atoms with Crippen LogP contribution in [-0.4, -0.2) is 6.04 Å². The molecule has 2 rings (SSSR count). The molecule has 17 heavy (non-hydrogen) atoms. The molecule has 2 aromatic rings. The highest BCUT2D eigenvalue weighted by Crippen LogP contribution is 2.15. The first-order valence-electron chi connectivity index (χ1n) is 5.64. The van der Waals surface area contributed by atoms with Crippen LogP contribution in [0.2, 0.25) is 0 Å². The van der Waals surface area contributed by atoms with Crippen LogP contribution in [0.15, 0.2) is 41.8 Å². The van der Waals surface area contributed by atoms with Gasteiger partial charge >= 0.3 is 0 Å². The maximum Gasteiger partial charge on any atom is 0.0358 e. The lowest BCUT2D eigenvalue weighted by Gasteiger charge is -1.99. The Morgan fingerprint density at radius 3 is 2.59 bits per heavy atom. The van der Waals surface area contributed by atoms with E-state index in [1.54, 1.807) is 11.3 Å². The van der Waals surface area contributed by atoms with Crippen molar-refractivity contribution in [3.05, 3.63) is 57.8 Å². The monoisotopic (exact) mass is 241 g/mol. The van der Waals surface area contributed by atoms with Crippen molar-refractivity contribution in [3.63, 3.8) is 0 Å². The molecule has 0 amide bonds. The van der Waals surface area contributed by atoms with Crippen LogP contribution in [0.4, 0.5) is 0 Å². The highest BCUT2D eigenvalue weighted by Gasteiger charge is 2.00. The Kier molecular flexibility index (Phi) is 3.98. The Labute approximate surface area is 106 Å². The van der Waals surface area contributed by atoms with Crippen LogP contribution in [0.3, 0.4) is 0 Å². The third-order valence-electron chi connectivity index (χ3n) is 2.30. The van der Waals surface area contributed by atoms with Gasteiger partial charge in [0.2, 0.25) is 0 Å². The molecule has 0 spiro atoms. The highest BCUT2D eigenvalue weighted by molar-refractivity contribution is 7.10. The topological polar surface area (TPSA) is 26.0 Å². The first-order chi connectivity index (χ1) is 8.24. The van der Waals surface area contributed by atoms with Gasteiger partial charge in [-0.2, -0.15) is 0 Å². The second-order valence-electron chi connectivity index (χ2n) is 4.10. The molecule has 0 saturated carbocycles. The van der Waals surface area contributed by atoms with Crippen molar-refractivity contribution < 1.29 is 0 Å². The Balaban J connectivity index is 2.10. The molecule has 1 unspecified atom stereocenters. The van der Waals surface area contributed by atoms with Crippen molar-refractivity contribution in [1.29, 1.82) is 0 Å². The minimum atomic E-state index is 0.212. The van der Waals surface area contributed by atoms with E-state index in [1.165, 1.54) is 4.88 Å². The maximum atomic E-state index is 5.77. The van der Waals surface area contributed by atoms with Gasteiger partial charge in [0.15, 0.2) is 0 Å². The zero-order chi connectivity index (χ0) is 12.1. The van der Waals surface area contributed by atoms with Gasteiger partial charge in [0.1, 0.15) is 0 Å². The summed E-state index contributed by atoms with van der Waals surface area (Å²) in [5.41, 5.74) is 7.90. The SMILES string of the molecule is CC(N)Cc1cc(C#Cc2ccccc2)cs1. The van der Waals surface area contributed by atoms with Crippen LogP contribution in [0.5, 0.6) is 0 Å². The Morgan fingerprint density at radius 1 is 1.18 bits per heavy atom. The average Bonchev–Trinajstić information content (AvgIpc) is 2.75. The lowest BCUT2D eigenvalue weighted by molar-refractivity contribution is 0.746. The fourth-order valence-electron chi connectivity index (χ4n) is 1.54. The van der Waals surface area contributed by atoms with Crippen LogP contribution in [0, 0.1) is 11.8 Å². The third kappa shape index (κ3) is 3.74. The van der Waals surface area contributed by atoms with Gasteiger partial charge in [-0.05, 0) is 31.5 Å². The molecule has 1 heterocycles. The molecular weight excluding hydrogens is 226 g/mol. The number of rotatable bonds is 2. The van der Waals surface area contributed by atoms with Crippen LogP contribution >= 0.6 is 11.3 Å². The molecule has 0 aliphatic rings. The van der Waals surface area contributed by atoms with Crippen LogP contribution < -0.4 is 5.73 Å².